The van der Waals surface area contributed by atoms with Crippen LogP contribution in [0.3, 0.4) is 0 Å². The van der Waals surface area contributed by atoms with E-state index in [4.69, 9.17) is 4.43 Å². The second kappa shape index (κ2) is 6.35. The van der Waals surface area contributed by atoms with E-state index < -0.39 is 8.32 Å². The Bertz CT molecular complexity index is 45.8. The summed E-state index contributed by atoms with van der Waals surface area (Å²) in [6.07, 6.45) is 0. The van der Waals surface area contributed by atoms with Crippen molar-refractivity contribution in [2.45, 2.75) is 13.1 Å². The first-order valence-corrected chi connectivity index (χ1v) is 5.08. The molecule has 0 unspecified atom stereocenters. The molecule has 1 nitrogen and oxygen atoms in total. The van der Waals surface area contributed by atoms with Crippen LogP contribution >= 0.6 is 0 Å². The van der Waals surface area contributed by atoms with Crippen molar-refractivity contribution in [3.8, 4) is 0 Å². The standard InChI is InChI=1S/C4H11OSi.ClH.Mg/c1-5-6(2,3)4;;/h2H2,1,3-4H3;1H;/q-1;;+2/p-1. The molecule has 0 fully saturated rings. The summed E-state index contributed by atoms with van der Waals surface area (Å²) in [7, 11) is 0.326. The summed E-state index contributed by atoms with van der Waals surface area (Å²) >= 11 is 0. The fourth-order valence-electron chi connectivity index (χ4n) is 0. The maximum atomic E-state index is 4.97. The second-order valence-electron chi connectivity index (χ2n) is 1.96. The molecule has 8 heavy (non-hydrogen) atoms. The van der Waals surface area contributed by atoms with Gasteiger partial charge in [0.05, 0.1) is 0 Å². The van der Waals surface area contributed by atoms with Crippen LogP contribution < -0.4 is 12.4 Å². The fourth-order valence-corrected chi connectivity index (χ4v) is 0. The Labute approximate surface area is 74.9 Å². The van der Waals surface area contributed by atoms with Gasteiger partial charge in [-0.3, -0.25) is 0 Å². The molecule has 0 aliphatic carbocycles. The van der Waals surface area contributed by atoms with E-state index in [2.05, 4.69) is 6.55 Å². The minimum absolute atomic E-state index is 0. The maximum Gasteiger partial charge on any atom is 2.00 e. The summed E-state index contributed by atoms with van der Waals surface area (Å²) in [5.41, 5.74) is 0. The third-order valence-electron chi connectivity index (χ3n) is 0.553. The van der Waals surface area contributed by atoms with E-state index >= 15 is 0 Å². The van der Waals surface area contributed by atoms with Crippen LogP contribution in [0.2, 0.25) is 13.1 Å². The smallest absolute Gasteiger partial charge is 1.00 e. The van der Waals surface area contributed by atoms with Crippen molar-refractivity contribution in [3.63, 3.8) is 0 Å². The normalized spacial score (nSPS) is 9.00. The number of rotatable bonds is 1. The number of hydrogen-bond acceptors (Lipinski definition) is 1. The van der Waals surface area contributed by atoms with Gasteiger partial charge in [0.25, 0.3) is 0 Å². The predicted molar refractivity (Wildman–Crippen MR) is 35.6 cm³/mol. The van der Waals surface area contributed by atoms with Gasteiger partial charge in [0.1, 0.15) is 0 Å². The van der Waals surface area contributed by atoms with Crippen molar-refractivity contribution in [1.29, 1.82) is 0 Å². The maximum absolute atomic E-state index is 4.97. The van der Waals surface area contributed by atoms with Crippen molar-refractivity contribution in [1.82, 2.24) is 0 Å². The van der Waals surface area contributed by atoms with Gasteiger partial charge in [0.15, 0.2) is 0 Å². The third kappa shape index (κ3) is 15.7. The first kappa shape index (κ1) is 16.1. The van der Waals surface area contributed by atoms with Gasteiger partial charge in [-0.05, 0) is 0 Å². The van der Waals surface area contributed by atoms with Crippen molar-refractivity contribution in [3.05, 3.63) is 6.55 Å². The molecule has 0 N–H and O–H groups in total. The average molecular weight is 163 g/mol. The zero-order chi connectivity index (χ0) is 5.21. The summed E-state index contributed by atoms with van der Waals surface area (Å²) in [4.78, 5) is 0. The first-order chi connectivity index (χ1) is 2.56. The van der Waals surface area contributed by atoms with Crippen LogP contribution in [0.25, 0.3) is 0 Å². The van der Waals surface area contributed by atoms with Crippen LogP contribution in [-0.4, -0.2) is 38.5 Å². The van der Waals surface area contributed by atoms with Gasteiger partial charge < -0.3 is 23.4 Å². The molecular weight excluding hydrogens is 152 g/mol. The Morgan fingerprint density at radius 2 is 1.50 bits per heavy atom. The summed E-state index contributed by atoms with van der Waals surface area (Å²) < 4.78 is 4.97. The second-order valence-corrected chi connectivity index (χ2v) is 5.89. The Hall–Kier alpha value is 1.23. The van der Waals surface area contributed by atoms with E-state index in [0.717, 1.165) is 0 Å². The van der Waals surface area contributed by atoms with Crippen LogP contribution in [0, 0.1) is 6.55 Å². The molecule has 46 valence electrons. The Balaban J connectivity index is -0.000000125. The summed E-state index contributed by atoms with van der Waals surface area (Å²) in [6, 6.07) is 0. The number of halogens is 1. The molecule has 0 amide bonds. The molecule has 0 aromatic heterocycles. The minimum Gasteiger partial charge on any atom is -1.00 e. The summed E-state index contributed by atoms with van der Waals surface area (Å²) in [6.45, 7) is 7.90. The van der Waals surface area contributed by atoms with Gasteiger partial charge in [-0.1, -0.05) is 13.1 Å². The molecule has 0 radical (unpaired) electrons. The van der Waals surface area contributed by atoms with Gasteiger partial charge in [0, 0.05) is 15.4 Å². The van der Waals surface area contributed by atoms with Gasteiger partial charge in [-0.2, -0.15) is 0 Å². The van der Waals surface area contributed by atoms with Crippen molar-refractivity contribution in [2.24, 2.45) is 0 Å². The van der Waals surface area contributed by atoms with Crippen LogP contribution in [0.15, 0.2) is 0 Å². The fraction of sp³-hybridized carbons (Fsp3) is 0.750. The molecule has 0 heterocycles. The third-order valence-corrected chi connectivity index (χ3v) is 1.66. The van der Waals surface area contributed by atoms with Gasteiger partial charge in [0.2, 0.25) is 0 Å². The Morgan fingerprint density at radius 3 is 1.50 bits per heavy atom. The zero-order valence-corrected chi connectivity index (χ0v) is 8.87. The van der Waals surface area contributed by atoms with Gasteiger partial charge >= 0.3 is 23.1 Å². The molecule has 0 bridgehead atoms. The van der Waals surface area contributed by atoms with E-state index in [9.17, 15) is 0 Å². The van der Waals surface area contributed by atoms with E-state index in [0.29, 0.717) is 0 Å². The van der Waals surface area contributed by atoms with E-state index in [1.54, 1.807) is 7.11 Å². The molecule has 0 saturated carbocycles. The molecule has 0 aliphatic rings. The van der Waals surface area contributed by atoms with Crippen LogP contribution in [-0.2, 0) is 4.43 Å². The Kier molecular flexibility index (Phi) is 12.8. The number of hydrogen-bond donors (Lipinski definition) is 0. The van der Waals surface area contributed by atoms with Gasteiger partial charge in [-0.15, -0.1) is 0 Å². The average Bonchev–Trinajstić information content (AvgIpc) is 1.35. The molecule has 0 aromatic rings. The van der Waals surface area contributed by atoms with Crippen molar-refractivity contribution in [2.75, 3.05) is 7.11 Å². The van der Waals surface area contributed by atoms with Crippen molar-refractivity contribution >= 4 is 31.4 Å². The van der Waals surface area contributed by atoms with E-state index in [-0.39, 0.29) is 35.5 Å². The van der Waals surface area contributed by atoms with Crippen molar-refractivity contribution < 1.29 is 16.8 Å². The van der Waals surface area contributed by atoms with Gasteiger partial charge in [-0.25, -0.2) is 0 Å². The zero-order valence-electron chi connectivity index (χ0n) is 5.70. The van der Waals surface area contributed by atoms with Crippen LogP contribution in [0.4, 0.5) is 0 Å². The molecule has 0 aromatic carbocycles. The first-order valence-electron chi connectivity index (χ1n) is 1.97. The topological polar surface area (TPSA) is 9.23 Å². The van der Waals surface area contributed by atoms with E-state index in [1.807, 2.05) is 13.1 Å². The molecular formula is C4H11ClMgOSi. The molecule has 0 spiro atoms. The largest absolute Gasteiger partial charge is 2.00 e. The monoisotopic (exact) mass is 162 g/mol. The quantitative estimate of drug-likeness (QED) is 0.316. The molecule has 0 atom stereocenters. The molecule has 0 rings (SSSR count). The SMILES string of the molecule is [CH2-][Si](C)(C)OC.[Cl-].[Mg+2]. The Morgan fingerprint density at radius 1 is 1.38 bits per heavy atom. The minimum atomic E-state index is -1.38. The van der Waals surface area contributed by atoms with Crippen LogP contribution in [0.5, 0.6) is 0 Å². The summed E-state index contributed by atoms with van der Waals surface area (Å²) in [5, 5.41) is 0. The molecule has 0 saturated heterocycles. The molecule has 4 heteroatoms. The van der Waals surface area contributed by atoms with Crippen LogP contribution in [0.1, 0.15) is 0 Å². The predicted octanol–water partition coefficient (Wildman–Crippen LogP) is -2.17. The molecule has 0 aliphatic heterocycles. The van der Waals surface area contributed by atoms with E-state index in [1.165, 1.54) is 0 Å². The summed E-state index contributed by atoms with van der Waals surface area (Å²) in [5.74, 6) is 0.